The molecule has 0 saturated carbocycles. The summed E-state index contributed by atoms with van der Waals surface area (Å²) in [5.74, 6) is 0. The van der Waals surface area contributed by atoms with Crippen molar-refractivity contribution in [1.82, 2.24) is 15.0 Å². The van der Waals surface area contributed by atoms with Gasteiger partial charge in [0, 0.05) is 17.6 Å². The summed E-state index contributed by atoms with van der Waals surface area (Å²) >= 11 is 0. The van der Waals surface area contributed by atoms with Crippen LogP contribution in [0.1, 0.15) is 115 Å². The Bertz CT molecular complexity index is 870. The van der Waals surface area contributed by atoms with Crippen molar-refractivity contribution >= 4 is 11.4 Å². The summed E-state index contributed by atoms with van der Waals surface area (Å²) in [5.41, 5.74) is 5.25. The van der Waals surface area contributed by atoms with Gasteiger partial charge in [-0.15, -0.1) is 5.10 Å². The highest BCUT2D eigenvalue weighted by Crippen LogP contribution is 2.27. The summed E-state index contributed by atoms with van der Waals surface area (Å²) in [6.07, 6.45) is 25.0. The molecular formula is C33H50N4. The van der Waals surface area contributed by atoms with Gasteiger partial charge in [0.25, 0.3) is 0 Å². The van der Waals surface area contributed by atoms with Crippen molar-refractivity contribution < 1.29 is 0 Å². The predicted molar refractivity (Wildman–Crippen MR) is 158 cm³/mol. The zero-order valence-corrected chi connectivity index (χ0v) is 23.6. The molecule has 0 aliphatic carbocycles. The van der Waals surface area contributed by atoms with Gasteiger partial charge in [-0.1, -0.05) is 120 Å². The first kappa shape index (κ1) is 28.9. The Kier molecular flexibility index (Phi) is 13.9. The van der Waals surface area contributed by atoms with Crippen LogP contribution in [0.25, 0.3) is 0 Å². The van der Waals surface area contributed by atoms with Gasteiger partial charge in [0.05, 0.1) is 6.20 Å². The van der Waals surface area contributed by atoms with Crippen LogP contribution in [0.5, 0.6) is 0 Å². The maximum Gasteiger partial charge on any atom is 0.118 e. The van der Waals surface area contributed by atoms with Gasteiger partial charge in [0.15, 0.2) is 0 Å². The zero-order chi connectivity index (χ0) is 26.0. The third-order valence-electron chi connectivity index (χ3n) is 7.39. The van der Waals surface area contributed by atoms with Gasteiger partial charge in [0.2, 0.25) is 0 Å². The summed E-state index contributed by atoms with van der Waals surface area (Å²) in [5, 5.41) is 8.23. The molecule has 3 aromatic rings. The van der Waals surface area contributed by atoms with Crippen molar-refractivity contribution in [3.8, 4) is 0 Å². The van der Waals surface area contributed by atoms with Crippen LogP contribution in [-0.4, -0.2) is 15.0 Å². The van der Waals surface area contributed by atoms with Crippen LogP contribution in [0.4, 0.5) is 11.4 Å². The number of hydrogen-bond donors (Lipinski definition) is 0. The second-order valence-corrected chi connectivity index (χ2v) is 10.6. The largest absolute Gasteiger partial charge is 0.321 e. The summed E-state index contributed by atoms with van der Waals surface area (Å²) in [7, 11) is 0. The molecule has 1 heterocycles. The Morgan fingerprint density at radius 1 is 0.568 bits per heavy atom. The lowest BCUT2D eigenvalue weighted by Crippen LogP contribution is -2.21. The summed E-state index contributed by atoms with van der Waals surface area (Å²) in [6, 6.07) is 18.3. The Morgan fingerprint density at radius 2 is 1.00 bits per heavy atom. The van der Waals surface area contributed by atoms with E-state index in [1.165, 1.54) is 125 Å². The van der Waals surface area contributed by atoms with Crippen LogP contribution in [0.15, 0.2) is 60.9 Å². The molecule has 0 fully saturated rings. The number of aromatic nitrogens is 3. The minimum Gasteiger partial charge on any atom is -0.321 e. The molecule has 0 radical (unpaired) electrons. The zero-order valence-electron chi connectivity index (χ0n) is 23.6. The quantitative estimate of drug-likeness (QED) is 0.144. The first-order chi connectivity index (χ1) is 18.3. The number of aryl methyl sites for hydroxylation is 2. The molecule has 0 amide bonds. The Labute approximate surface area is 226 Å². The van der Waals surface area contributed by atoms with E-state index in [0.29, 0.717) is 6.67 Å². The lowest BCUT2D eigenvalue weighted by molar-refractivity contribution is 0.589. The highest BCUT2D eigenvalue weighted by atomic mass is 15.5. The summed E-state index contributed by atoms with van der Waals surface area (Å²) < 4.78 is 1.89. The van der Waals surface area contributed by atoms with E-state index in [1.54, 1.807) is 6.20 Å². The van der Waals surface area contributed by atoms with Crippen LogP contribution in [0, 0.1) is 0 Å². The van der Waals surface area contributed by atoms with Gasteiger partial charge in [-0.3, -0.25) is 0 Å². The first-order valence-corrected chi connectivity index (χ1v) is 15.1. The van der Waals surface area contributed by atoms with Crippen LogP contribution >= 0.6 is 0 Å². The number of nitrogens with zero attached hydrogens (tertiary/aromatic N) is 4. The van der Waals surface area contributed by atoms with E-state index in [1.807, 2.05) is 10.9 Å². The third kappa shape index (κ3) is 11.1. The molecule has 4 nitrogen and oxygen atoms in total. The fourth-order valence-corrected chi connectivity index (χ4v) is 5.02. The molecule has 3 rings (SSSR count). The van der Waals surface area contributed by atoms with E-state index in [9.17, 15) is 0 Å². The standard InChI is InChI=1S/C33H50N4/c1-3-5-7-9-11-13-15-17-30-19-23-32(24-20-30)37(29-36-28-27-34-35-36)33-25-21-31(22-26-33)18-16-14-12-10-8-6-4-2/h19-28H,3-18,29H2,1-2H3. The van der Waals surface area contributed by atoms with E-state index in [-0.39, 0.29) is 0 Å². The lowest BCUT2D eigenvalue weighted by Gasteiger charge is -2.25. The number of unbranched alkanes of at least 4 members (excludes halogenated alkanes) is 12. The van der Waals surface area contributed by atoms with Gasteiger partial charge in [-0.25, -0.2) is 4.68 Å². The van der Waals surface area contributed by atoms with E-state index < -0.39 is 0 Å². The van der Waals surface area contributed by atoms with Gasteiger partial charge in [0.1, 0.15) is 6.67 Å². The molecule has 0 aliphatic rings. The van der Waals surface area contributed by atoms with Crippen LogP contribution < -0.4 is 4.90 Å². The molecule has 37 heavy (non-hydrogen) atoms. The molecule has 0 saturated heterocycles. The van der Waals surface area contributed by atoms with Gasteiger partial charge < -0.3 is 4.90 Å². The van der Waals surface area contributed by atoms with Gasteiger partial charge >= 0.3 is 0 Å². The van der Waals surface area contributed by atoms with Crippen molar-refractivity contribution in [2.75, 3.05) is 4.90 Å². The fraction of sp³-hybridized carbons (Fsp3) is 0.576. The number of hydrogen-bond acceptors (Lipinski definition) is 3. The Hall–Kier alpha value is -2.62. The van der Waals surface area contributed by atoms with E-state index in [2.05, 4.69) is 77.6 Å². The van der Waals surface area contributed by atoms with Crippen LogP contribution in [0.2, 0.25) is 0 Å². The topological polar surface area (TPSA) is 34.0 Å². The molecule has 202 valence electrons. The average Bonchev–Trinajstić information content (AvgIpc) is 3.45. The van der Waals surface area contributed by atoms with Crippen molar-refractivity contribution in [3.63, 3.8) is 0 Å². The van der Waals surface area contributed by atoms with Gasteiger partial charge in [-0.2, -0.15) is 0 Å². The molecule has 0 atom stereocenters. The lowest BCUT2D eigenvalue weighted by atomic mass is 10.0. The highest BCUT2D eigenvalue weighted by Gasteiger charge is 2.11. The SMILES string of the molecule is CCCCCCCCCc1ccc(N(Cn2ccnn2)c2ccc(CCCCCCCCC)cc2)cc1. The molecular weight excluding hydrogens is 452 g/mol. The fourth-order valence-electron chi connectivity index (χ4n) is 5.02. The molecule has 0 aliphatic heterocycles. The predicted octanol–water partition coefficient (Wildman–Crippen LogP) is 9.66. The number of rotatable bonds is 20. The smallest absolute Gasteiger partial charge is 0.118 e. The molecule has 0 N–H and O–H groups in total. The highest BCUT2D eigenvalue weighted by molar-refractivity contribution is 5.63. The van der Waals surface area contributed by atoms with Crippen LogP contribution in [0.3, 0.4) is 0 Å². The van der Waals surface area contributed by atoms with E-state index >= 15 is 0 Å². The maximum absolute atomic E-state index is 4.22. The van der Waals surface area contributed by atoms with Crippen LogP contribution in [-0.2, 0) is 19.5 Å². The van der Waals surface area contributed by atoms with Crippen molar-refractivity contribution in [2.45, 2.75) is 123 Å². The minimum absolute atomic E-state index is 0.647. The third-order valence-corrected chi connectivity index (χ3v) is 7.39. The monoisotopic (exact) mass is 502 g/mol. The van der Waals surface area contributed by atoms with Crippen molar-refractivity contribution in [1.29, 1.82) is 0 Å². The Balaban J connectivity index is 1.53. The minimum atomic E-state index is 0.647. The second-order valence-electron chi connectivity index (χ2n) is 10.6. The van der Waals surface area contributed by atoms with E-state index in [4.69, 9.17) is 0 Å². The molecule has 1 aromatic heterocycles. The van der Waals surface area contributed by atoms with E-state index in [0.717, 1.165) is 0 Å². The van der Waals surface area contributed by atoms with Crippen molar-refractivity contribution in [2.24, 2.45) is 0 Å². The average molecular weight is 503 g/mol. The first-order valence-electron chi connectivity index (χ1n) is 15.1. The van der Waals surface area contributed by atoms with Crippen molar-refractivity contribution in [3.05, 3.63) is 72.1 Å². The van der Waals surface area contributed by atoms with Gasteiger partial charge in [-0.05, 0) is 61.1 Å². The second kappa shape index (κ2) is 17.8. The summed E-state index contributed by atoms with van der Waals surface area (Å²) in [6.45, 7) is 5.21. The number of anilines is 2. The maximum atomic E-state index is 4.22. The Morgan fingerprint density at radius 3 is 1.41 bits per heavy atom. The number of benzene rings is 2. The molecule has 0 bridgehead atoms. The molecule has 0 unspecified atom stereocenters. The molecule has 0 spiro atoms. The molecule has 2 aromatic carbocycles. The normalized spacial score (nSPS) is 11.2. The molecule has 4 heteroatoms. The summed E-state index contributed by atoms with van der Waals surface area (Å²) in [4.78, 5) is 2.32.